The minimum atomic E-state index is -2.25. The van der Waals surface area contributed by atoms with Gasteiger partial charge in [-0.25, -0.2) is 0 Å². The van der Waals surface area contributed by atoms with Gasteiger partial charge in [0.1, 0.15) is 0 Å². The van der Waals surface area contributed by atoms with Gasteiger partial charge in [0, 0.05) is 0 Å². The van der Waals surface area contributed by atoms with Gasteiger partial charge in [0.15, 0.2) is 0 Å². The quantitative estimate of drug-likeness (QED) is 0.509. The maximum absolute atomic E-state index is 12.7. The summed E-state index contributed by atoms with van der Waals surface area (Å²) in [7, 11) is 0. The molecule has 16 heavy (non-hydrogen) atoms. The zero-order valence-corrected chi connectivity index (χ0v) is 14.4. The summed E-state index contributed by atoms with van der Waals surface area (Å²) in [5.41, 5.74) is -1.86. The van der Waals surface area contributed by atoms with E-state index in [1.165, 1.54) is 19.3 Å². The van der Waals surface area contributed by atoms with Gasteiger partial charge < -0.3 is 0 Å². The molecule has 0 bridgehead atoms. The molecule has 82 valence electrons. The second-order valence-electron chi connectivity index (χ2n) is 4.22. The predicted molar refractivity (Wildman–Crippen MR) is 65.6 cm³/mol. The van der Waals surface area contributed by atoms with Crippen LogP contribution in [0.1, 0.15) is 32.1 Å². The zero-order chi connectivity index (χ0) is 10.7. The van der Waals surface area contributed by atoms with E-state index in [9.17, 15) is 4.89 Å². The van der Waals surface area contributed by atoms with Crippen LogP contribution < -0.4 is 39.8 Å². The van der Waals surface area contributed by atoms with Crippen molar-refractivity contribution in [3.8, 4) is 0 Å². The Morgan fingerprint density at radius 3 is 2.19 bits per heavy atom. The van der Waals surface area contributed by atoms with Crippen molar-refractivity contribution in [3.05, 3.63) is 30.3 Å². The topological polar surface area (TPSA) is 23.1 Å². The number of benzene rings is 1. The van der Waals surface area contributed by atoms with Gasteiger partial charge in [-0.2, -0.15) is 0 Å². The van der Waals surface area contributed by atoms with Crippen LogP contribution in [-0.4, -0.2) is 20.8 Å². The Morgan fingerprint density at radius 1 is 1.06 bits per heavy atom. The van der Waals surface area contributed by atoms with Crippen LogP contribution in [0, 0.1) is 0 Å². The first-order valence-electron chi connectivity index (χ1n) is 5.57. The average Bonchev–Trinajstić information content (AvgIpc) is 2.31. The van der Waals surface area contributed by atoms with Crippen molar-refractivity contribution >= 4 is 26.1 Å². The Hall–Kier alpha value is 1.13. The molecule has 0 aliphatic heterocycles. The van der Waals surface area contributed by atoms with Crippen LogP contribution in [-0.2, 0) is 0 Å². The molecule has 0 aromatic heterocycles. The van der Waals surface area contributed by atoms with E-state index in [2.05, 4.69) is 15.1 Å². The van der Waals surface area contributed by atoms with Crippen LogP contribution in [0.2, 0.25) is 0 Å². The van der Waals surface area contributed by atoms with Crippen LogP contribution in [0.3, 0.4) is 0 Å². The summed E-state index contributed by atoms with van der Waals surface area (Å²) in [5, 5.41) is 1.01. The van der Waals surface area contributed by atoms with Crippen LogP contribution in [0.25, 0.3) is 0 Å². The van der Waals surface area contributed by atoms with Crippen LogP contribution >= 0.6 is 5.74 Å². The van der Waals surface area contributed by atoms with Crippen molar-refractivity contribution in [2.75, 3.05) is 0 Å². The van der Waals surface area contributed by atoms with Gasteiger partial charge in [-0.05, 0) is 0 Å². The third-order valence-corrected chi connectivity index (χ3v) is 8.87. The third-order valence-electron chi connectivity index (χ3n) is 3.17. The van der Waals surface area contributed by atoms with Gasteiger partial charge in [-0.15, -0.1) is 0 Å². The average molecular weight is 309 g/mol. The molecule has 0 N–H and O–H groups in total. The fourth-order valence-electron chi connectivity index (χ4n) is 2.27. The van der Waals surface area contributed by atoms with Crippen molar-refractivity contribution in [1.82, 2.24) is 0 Å². The fraction of sp³-hybridized carbons (Fsp3) is 0.500. The van der Waals surface area contributed by atoms with Gasteiger partial charge in [-0.3, -0.25) is 0 Å². The Kier molecular flexibility index (Phi) is 6.55. The number of hydrogen-bond acceptors (Lipinski definition) is 1. The molecule has 1 fully saturated rings. The Labute approximate surface area is 128 Å². The summed E-state index contributed by atoms with van der Waals surface area (Å²) in [5.74, 6) is 0. The molecule has 1 aromatic carbocycles. The van der Waals surface area contributed by atoms with E-state index < -0.39 is 5.74 Å². The second-order valence-corrected chi connectivity index (χ2v) is 10.1. The van der Waals surface area contributed by atoms with Gasteiger partial charge in [0.05, 0.1) is 0 Å². The number of rotatable bonds is 2. The molecule has 0 saturated heterocycles. The number of hydrogen-bond donors (Lipinski definition) is 0. The van der Waals surface area contributed by atoms with E-state index in [4.69, 9.17) is 0 Å². The van der Waals surface area contributed by atoms with Gasteiger partial charge >= 0.3 is 129 Å². The zero-order valence-electron chi connectivity index (χ0n) is 9.76. The fourth-order valence-corrected chi connectivity index (χ4v) is 6.41. The Balaban J connectivity index is 0.00000128. The first-order valence-corrected chi connectivity index (χ1v) is 9.57. The summed E-state index contributed by atoms with van der Waals surface area (Å²) < 4.78 is 0. The minimum absolute atomic E-state index is 0. The summed E-state index contributed by atoms with van der Waals surface area (Å²) in [6.07, 6.45) is 6.04. The molecular weight excluding hydrogens is 293 g/mol. The molecule has 0 radical (unpaired) electrons. The van der Waals surface area contributed by atoms with E-state index in [1.54, 1.807) is 0 Å². The summed E-state index contributed by atoms with van der Waals surface area (Å²) in [6.45, 7) is 0. The molecule has 4 heteroatoms. The molecule has 1 nitrogen and oxygen atoms in total. The van der Waals surface area contributed by atoms with E-state index in [-0.39, 0.29) is 29.6 Å². The van der Waals surface area contributed by atoms with Crippen molar-refractivity contribution in [1.29, 1.82) is 0 Å². The SMILES string of the molecule is [Na+].[O-]P(=[Se])(c1ccccc1)C1CCCCC1. The second kappa shape index (κ2) is 6.90. The first-order chi connectivity index (χ1) is 7.21. The summed E-state index contributed by atoms with van der Waals surface area (Å²) in [6, 6.07) is 9.91. The molecule has 1 unspecified atom stereocenters. The molecule has 1 aromatic rings. The standard InChI is InChI=1S/C12H17OPSe.Na/c13-14(15,11-7-3-1-4-8-11)12-9-5-2-6-10-12;/h1,3-4,7-8,12H,2,5-6,9-10H2,(H,13,15);/q;+1/p-1. The Morgan fingerprint density at radius 2 is 1.62 bits per heavy atom. The van der Waals surface area contributed by atoms with Crippen molar-refractivity contribution in [3.63, 3.8) is 0 Å². The molecule has 1 aliphatic rings. The van der Waals surface area contributed by atoms with Gasteiger partial charge in [0.2, 0.25) is 0 Å². The monoisotopic (exact) mass is 310 g/mol. The van der Waals surface area contributed by atoms with Crippen molar-refractivity contribution < 1.29 is 34.5 Å². The molecule has 2 rings (SSSR count). The molecular formula is C12H16NaOPSe. The molecule has 0 amide bonds. The van der Waals surface area contributed by atoms with Crippen LogP contribution in [0.15, 0.2) is 30.3 Å². The molecule has 0 heterocycles. The molecule has 0 spiro atoms. The van der Waals surface area contributed by atoms with Gasteiger partial charge in [0.25, 0.3) is 0 Å². The van der Waals surface area contributed by atoms with Crippen LogP contribution in [0.4, 0.5) is 0 Å². The van der Waals surface area contributed by atoms with Crippen molar-refractivity contribution in [2.24, 2.45) is 0 Å². The third kappa shape index (κ3) is 3.56. The normalized spacial score (nSPS) is 20.8. The van der Waals surface area contributed by atoms with Crippen molar-refractivity contribution in [2.45, 2.75) is 37.8 Å². The van der Waals surface area contributed by atoms with Gasteiger partial charge in [-0.1, -0.05) is 0 Å². The Bertz CT molecular complexity index is 363. The predicted octanol–water partition coefficient (Wildman–Crippen LogP) is -0.975. The van der Waals surface area contributed by atoms with E-state index in [0.29, 0.717) is 5.66 Å². The molecule has 1 aliphatic carbocycles. The van der Waals surface area contributed by atoms with E-state index >= 15 is 0 Å². The summed E-state index contributed by atoms with van der Waals surface area (Å²) in [4.78, 5) is 12.7. The maximum atomic E-state index is 12.7. The van der Waals surface area contributed by atoms with E-state index in [0.717, 1.165) is 18.1 Å². The van der Waals surface area contributed by atoms with E-state index in [1.807, 2.05) is 30.3 Å². The molecule has 1 saturated carbocycles. The first kappa shape index (κ1) is 15.2. The summed E-state index contributed by atoms with van der Waals surface area (Å²) >= 11 is 3.00. The molecule has 1 atom stereocenters. The van der Waals surface area contributed by atoms with Crippen LogP contribution in [0.5, 0.6) is 0 Å².